The van der Waals surface area contributed by atoms with E-state index in [2.05, 4.69) is 9.97 Å². The zero-order valence-corrected chi connectivity index (χ0v) is 15.2. The predicted octanol–water partition coefficient (Wildman–Crippen LogP) is 2.32. The Kier molecular flexibility index (Phi) is 4.11. The molecule has 0 saturated carbocycles. The lowest BCUT2D eigenvalue weighted by Gasteiger charge is -2.14. The number of pyridine rings is 1. The molecule has 4 rings (SSSR count). The number of benzene rings is 1. The van der Waals surface area contributed by atoms with Gasteiger partial charge < -0.3 is 18.7 Å². The highest BCUT2D eigenvalue weighted by Gasteiger charge is 2.20. The Hall–Kier alpha value is -3.67. The molecule has 0 aliphatic heterocycles. The van der Waals surface area contributed by atoms with Crippen LogP contribution in [0.2, 0.25) is 0 Å². The molecule has 3 heterocycles. The van der Waals surface area contributed by atoms with Gasteiger partial charge in [0.05, 0.1) is 35.7 Å². The first-order valence-corrected chi connectivity index (χ1v) is 8.42. The monoisotopic (exact) mass is 372 g/mol. The average molecular weight is 372 g/mol. The Morgan fingerprint density at radius 3 is 2.82 bits per heavy atom. The zero-order chi connectivity index (χ0) is 20.0. The smallest absolute Gasteiger partial charge is 0.228 e. The van der Waals surface area contributed by atoms with E-state index in [0.29, 0.717) is 28.2 Å². The molecule has 2 radical (unpaired) electrons. The van der Waals surface area contributed by atoms with Crippen molar-refractivity contribution in [3.63, 3.8) is 0 Å². The number of hydrogen-bond acceptors (Lipinski definition) is 5. The molecule has 0 fully saturated rings. The quantitative estimate of drug-likeness (QED) is 0.406. The number of fused-ring (bicyclic) bond motifs is 3. The van der Waals surface area contributed by atoms with Crippen LogP contribution in [-0.2, 0) is 18.4 Å². The Labute approximate surface area is 161 Å². The molecule has 0 N–H and O–H groups in total. The van der Waals surface area contributed by atoms with E-state index in [0.717, 1.165) is 23.3 Å². The molecule has 4 aromatic rings. The lowest BCUT2D eigenvalue weighted by molar-refractivity contribution is -0.108. The third kappa shape index (κ3) is 2.62. The summed E-state index contributed by atoms with van der Waals surface area (Å²) in [6.45, 7) is 0.0152. The van der Waals surface area contributed by atoms with Gasteiger partial charge in [-0.15, -0.1) is 0 Å². The third-order valence-electron chi connectivity index (χ3n) is 4.60. The number of imidazole rings is 1. The molecule has 0 saturated heterocycles. The number of halogens is 1. The number of nitriles is 1. The van der Waals surface area contributed by atoms with E-state index in [1.807, 2.05) is 23.8 Å². The lowest BCUT2D eigenvalue weighted by atomic mass is 10.1. The fourth-order valence-electron chi connectivity index (χ4n) is 3.44. The van der Waals surface area contributed by atoms with Crippen LogP contribution in [0.1, 0.15) is 5.56 Å². The Balaban J connectivity index is 2.14. The topological polar surface area (TPSA) is 79.7 Å². The molecular weight excluding hydrogens is 358 g/mol. The maximum absolute atomic E-state index is 14.0. The number of aromatic nitrogens is 4. The van der Waals surface area contributed by atoms with Gasteiger partial charge in [-0.1, -0.05) is 0 Å². The van der Waals surface area contributed by atoms with Gasteiger partial charge in [0.25, 0.3) is 0 Å². The molecule has 0 bridgehead atoms. The SMILES string of the molecule is [B]N(C)c1nc2c(cc(-c3cc(F)cc(C#N)c3)n2CC=O)c2c1ncn2C. The molecule has 0 atom stereocenters. The van der Waals surface area contributed by atoms with Crippen LogP contribution in [0.3, 0.4) is 0 Å². The fourth-order valence-corrected chi connectivity index (χ4v) is 3.44. The van der Waals surface area contributed by atoms with Crippen molar-refractivity contribution in [2.24, 2.45) is 7.05 Å². The summed E-state index contributed by atoms with van der Waals surface area (Å²) < 4.78 is 17.5. The van der Waals surface area contributed by atoms with Crippen molar-refractivity contribution in [1.29, 1.82) is 5.26 Å². The second-order valence-corrected chi connectivity index (χ2v) is 6.48. The van der Waals surface area contributed by atoms with Gasteiger partial charge in [0.15, 0.2) is 0 Å². The van der Waals surface area contributed by atoms with Crippen LogP contribution in [0.25, 0.3) is 33.3 Å². The second-order valence-electron chi connectivity index (χ2n) is 6.48. The van der Waals surface area contributed by atoms with E-state index in [-0.39, 0.29) is 12.1 Å². The maximum Gasteiger partial charge on any atom is 0.228 e. The van der Waals surface area contributed by atoms with Gasteiger partial charge in [-0.25, -0.2) is 14.4 Å². The van der Waals surface area contributed by atoms with Crippen molar-refractivity contribution >= 4 is 42.2 Å². The number of carbonyl (C=O) groups is 1. The number of carbonyl (C=O) groups excluding carboxylic acids is 1. The number of aryl methyl sites for hydroxylation is 1. The number of nitrogens with zero attached hydrogens (tertiary/aromatic N) is 6. The van der Waals surface area contributed by atoms with Gasteiger partial charge in [-0.3, -0.25) is 0 Å². The predicted molar refractivity (Wildman–Crippen MR) is 104 cm³/mol. The molecule has 28 heavy (non-hydrogen) atoms. The Bertz CT molecular complexity index is 1280. The van der Waals surface area contributed by atoms with Crippen molar-refractivity contribution in [2.45, 2.75) is 6.54 Å². The second kappa shape index (κ2) is 6.49. The summed E-state index contributed by atoms with van der Waals surface area (Å²) in [5.74, 6) is -0.0742. The van der Waals surface area contributed by atoms with Crippen LogP contribution in [0.4, 0.5) is 10.2 Å². The van der Waals surface area contributed by atoms with E-state index in [1.54, 1.807) is 24.0 Å². The van der Waals surface area contributed by atoms with Crippen molar-refractivity contribution < 1.29 is 9.18 Å². The minimum Gasteiger partial charge on any atom is -0.411 e. The minimum absolute atomic E-state index is 0.0152. The van der Waals surface area contributed by atoms with Crippen molar-refractivity contribution in [3.05, 3.63) is 42.0 Å². The number of aldehydes is 1. The zero-order valence-electron chi connectivity index (χ0n) is 15.2. The maximum atomic E-state index is 14.0. The molecular formula is C19H14BFN6O. The van der Waals surface area contributed by atoms with Crippen molar-refractivity contribution in [1.82, 2.24) is 19.1 Å². The standard InChI is InChI=1S/C19H14BFN6O/c1-25-10-23-16-17(25)14-8-15(12-5-11(9-22)6-13(21)7-12)27(3-4-28)18(14)24-19(16)26(2)20/h4-8,10H,3H2,1-2H3. The van der Waals surface area contributed by atoms with E-state index < -0.39 is 5.82 Å². The third-order valence-corrected chi connectivity index (χ3v) is 4.60. The summed E-state index contributed by atoms with van der Waals surface area (Å²) in [5, 5.41) is 9.92. The highest BCUT2D eigenvalue weighted by atomic mass is 19.1. The van der Waals surface area contributed by atoms with Gasteiger partial charge in [0.2, 0.25) is 7.98 Å². The largest absolute Gasteiger partial charge is 0.411 e. The summed E-state index contributed by atoms with van der Waals surface area (Å²) >= 11 is 0. The van der Waals surface area contributed by atoms with E-state index in [4.69, 9.17) is 7.98 Å². The van der Waals surface area contributed by atoms with Crippen molar-refractivity contribution in [2.75, 3.05) is 11.9 Å². The number of hydrogen-bond donors (Lipinski definition) is 0. The average Bonchev–Trinajstić information content (AvgIpc) is 3.22. The molecule has 7 nitrogen and oxygen atoms in total. The first kappa shape index (κ1) is 17.7. The highest BCUT2D eigenvalue weighted by molar-refractivity contribution is 6.20. The molecule has 0 unspecified atom stereocenters. The Morgan fingerprint density at radius 1 is 1.36 bits per heavy atom. The summed E-state index contributed by atoms with van der Waals surface area (Å²) in [5.41, 5.74) is 3.18. The van der Waals surface area contributed by atoms with Crippen LogP contribution in [0.15, 0.2) is 30.6 Å². The van der Waals surface area contributed by atoms with Crippen LogP contribution >= 0.6 is 0 Å². The van der Waals surface area contributed by atoms with Gasteiger partial charge >= 0.3 is 0 Å². The van der Waals surface area contributed by atoms with Crippen LogP contribution in [-0.4, -0.2) is 40.4 Å². The van der Waals surface area contributed by atoms with Crippen LogP contribution in [0, 0.1) is 17.1 Å². The molecule has 1 aromatic carbocycles. The summed E-state index contributed by atoms with van der Waals surface area (Å²) in [6.07, 6.45) is 2.40. The molecule has 9 heteroatoms. The van der Waals surface area contributed by atoms with Gasteiger partial charge in [-0.2, -0.15) is 5.26 Å². The molecule has 0 aliphatic carbocycles. The summed E-state index contributed by atoms with van der Waals surface area (Å²) in [7, 11) is 9.44. The van der Waals surface area contributed by atoms with Gasteiger partial charge in [0, 0.05) is 18.0 Å². The van der Waals surface area contributed by atoms with E-state index in [9.17, 15) is 14.4 Å². The normalized spacial score (nSPS) is 11.1. The molecule has 0 amide bonds. The Morgan fingerprint density at radius 2 is 2.14 bits per heavy atom. The van der Waals surface area contributed by atoms with E-state index in [1.165, 1.54) is 10.9 Å². The lowest BCUT2D eigenvalue weighted by Crippen LogP contribution is -2.14. The van der Waals surface area contributed by atoms with Crippen LogP contribution < -0.4 is 4.81 Å². The molecule has 136 valence electrons. The molecule has 3 aromatic heterocycles. The number of rotatable bonds is 4. The fraction of sp³-hybridized carbons (Fsp3) is 0.158. The highest BCUT2D eigenvalue weighted by Crippen LogP contribution is 2.35. The molecule has 0 aliphatic rings. The van der Waals surface area contributed by atoms with Gasteiger partial charge in [-0.05, 0) is 31.3 Å². The van der Waals surface area contributed by atoms with Crippen molar-refractivity contribution in [3.8, 4) is 17.3 Å². The molecule has 0 spiro atoms. The van der Waals surface area contributed by atoms with E-state index >= 15 is 0 Å². The first-order chi connectivity index (χ1) is 13.4. The summed E-state index contributed by atoms with van der Waals surface area (Å²) in [4.78, 5) is 21.7. The van der Waals surface area contributed by atoms with Gasteiger partial charge in [0.1, 0.15) is 29.1 Å². The minimum atomic E-state index is -0.530. The first-order valence-electron chi connectivity index (χ1n) is 8.42. The van der Waals surface area contributed by atoms with Crippen LogP contribution in [0.5, 0.6) is 0 Å². The number of anilines is 1. The summed E-state index contributed by atoms with van der Waals surface area (Å²) in [6, 6.07) is 7.84.